The molecular formula is C17H19ClN4O3S. The van der Waals surface area contributed by atoms with E-state index < -0.39 is 16.1 Å². The number of methoxy groups -OCH3 is 1. The van der Waals surface area contributed by atoms with Gasteiger partial charge in [-0.15, -0.1) is 0 Å². The van der Waals surface area contributed by atoms with Gasteiger partial charge < -0.3 is 9.30 Å². The summed E-state index contributed by atoms with van der Waals surface area (Å²) < 4.78 is 35.0. The van der Waals surface area contributed by atoms with Crippen molar-refractivity contribution < 1.29 is 13.2 Å². The predicted molar refractivity (Wildman–Crippen MR) is 99.9 cm³/mol. The maximum atomic E-state index is 12.6. The molecule has 0 aliphatic carbocycles. The maximum absolute atomic E-state index is 12.6. The average Bonchev–Trinajstić information content (AvgIpc) is 2.99. The highest BCUT2D eigenvalue weighted by Crippen LogP contribution is 2.24. The van der Waals surface area contributed by atoms with Crippen LogP contribution in [0.1, 0.15) is 25.7 Å². The van der Waals surface area contributed by atoms with E-state index in [2.05, 4.69) is 14.7 Å². The van der Waals surface area contributed by atoms with Gasteiger partial charge in [0.2, 0.25) is 15.9 Å². The molecule has 1 atom stereocenters. The van der Waals surface area contributed by atoms with Gasteiger partial charge in [-0.05, 0) is 38.1 Å². The molecule has 0 fully saturated rings. The zero-order valence-electron chi connectivity index (χ0n) is 14.6. The molecule has 9 heteroatoms. The van der Waals surface area contributed by atoms with Crippen LogP contribution < -0.4 is 9.46 Å². The molecular weight excluding hydrogens is 376 g/mol. The highest BCUT2D eigenvalue weighted by molar-refractivity contribution is 7.89. The molecule has 3 aromatic rings. The summed E-state index contributed by atoms with van der Waals surface area (Å²) in [6.07, 6.45) is 1.62. The Morgan fingerprint density at radius 2 is 2.00 bits per heavy atom. The molecule has 0 amide bonds. The summed E-state index contributed by atoms with van der Waals surface area (Å²) in [7, 11) is -2.16. The number of hydrogen-bond donors (Lipinski definition) is 1. The molecule has 0 aliphatic heterocycles. The molecule has 0 radical (unpaired) electrons. The molecule has 0 aliphatic rings. The van der Waals surface area contributed by atoms with Crippen LogP contribution in [0.3, 0.4) is 0 Å². The monoisotopic (exact) mass is 394 g/mol. The van der Waals surface area contributed by atoms with Crippen LogP contribution in [0.15, 0.2) is 41.4 Å². The molecule has 0 saturated carbocycles. The van der Waals surface area contributed by atoms with Crippen LogP contribution in [0.5, 0.6) is 5.88 Å². The van der Waals surface area contributed by atoms with Gasteiger partial charge in [0.15, 0.2) is 0 Å². The second kappa shape index (κ2) is 7.22. The standard InChI is InChI=1S/C17H19ClN4O3S/c1-4-22-15-9-16(25-3)19-10-14(15)20-17(22)11(2)21-26(23,24)13-7-5-12(18)6-8-13/h5-11,21H,4H2,1-3H3/t11-/m1/s1. The van der Waals surface area contributed by atoms with E-state index in [0.29, 0.717) is 28.8 Å². The predicted octanol–water partition coefficient (Wildman–Crippen LogP) is 3.15. The Balaban J connectivity index is 1.96. The number of imidazole rings is 1. The van der Waals surface area contributed by atoms with E-state index in [0.717, 1.165) is 5.52 Å². The topological polar surface area (TPSA) is 86.1 Å². The first-order valence-electron chi connectivity index (χ1n) is 8.03. The van der Waals surface area contributed by atoms with Gasteiger partial charge in [-0.25, -0.2) is 23.1 Å². The summed E-state index contributed by atoms with van der Waals surface area (Å²) in [6.45, 7) is 4.36. The van der Waals surface area contributed by atoms with Gasteiger partial charge in [0.05, 0.1) is 29.8 Å². The van der Waals surface area contributed by atoms with Gasteiger partial charge in [-0.3, -0.25) is 0 Å². The molecule has 0 spiro atoms. The van der Waals surface area contributed by atoms with Crippen LogP contribution >= 0.6 is 11.6 Å². The minimum atomic E-state index is -3.70. The number of nitrogens with zero attached hydrogens (tertiary/aromatic N) is 3. The number of ether oxygens (including phenoxy) is 1. The molecule has 0 saturated heterocycles. The molecule has 138 valence electrons. The van der Waals surface area contributed by atoms with E-state index in [-0.39, 0.29) is 4.90 Å². The van der Waals surface area contributed by atoms with Crippen molar-refractivity contribution in [2.24, 2.45) is 0 Å². The van der Waals surface area contributed by atoms with Crippen molar-refractivity contribution in [3.63, 3.8) is 0 Å². The van der Waals surface area contributed by atoms with E-state index in [9.17, 15) is 8.42 Å². The van der Waals surface area contributed by atoms with Gasteiger partial charge in [-0.1, -0.05) is 11.6 Å². The van der Waals surface area contributed by atoms with Gasteiger partial charge in [0.1, 0.15) is 11.3 Å². The molecule has 1 aromatic carbocycles. The number of hydrogen-bond acceptors (Lipinski definition) is 5. The Bertz CT molecular complexity index is 1030. The SMILES string of the molecule is CCn1c([C@@H](C)NS(=O)(=O)c2ccc(Cl)cc2)nc2cnc(OC)cc21. The molecule has 1 N–H and O–H groups in total. The lowest BCUT2D eigenvalue weighted by Gasteiger charge is -2.15. The largest absolute Gasteiger partial charge is 0.481 e. The summed E-state index contributed by atoms with van der Waals surface area (Å²) >= 11 is 5.83. The number of nitrogens with one attached hydrogen (secondary N) is 1. The molecule has 3 rings (SSSR count). The first-order valence-corrected chi connectivity index (χ1v) is 9.90. The van der Waals surface area contributed by atoms with E-state index in [4.69, 9.17) is 16.3 Å². The first-order chi connectivity index (χ1) is 12.4. The quantitative estimate of drug-likeness (QED) is 0.694. The average molecular weight is 395 g/mol. The number of fused-ring (bicyclic) bond motifs is 1. The lowest BCUT2D eigenvalue weighted by molar-refractivity contribution is 0.398. The lowest BCUT2D eigenvalue weighted by Crippen LogP contribution is -2.28. The third-order valence-electron chi connectivity index (χ3n) is 4.01. The lowest BCUT2D eigenvalue weighted by atomic mass is 10.3. The van der Waals surface area contributed by atoms with Gasteiger partial charge >= 0.3 is 0 Å². The second-order valence-corrected chi connectivity index (χ2v) is 7.88. The summed E-state index contributed by atoms with van der Waals surface area (Å²) in [4.78, 5) is 8.85. The van der Waals surface area contributed by atoms with Crippen molar-refractivity contribution in [1.29, 1.82) is 0 Å². The van der Waals surface area contributed by atoms with Crippen LogP contribution in [0, 0.1) is 0 Å². The maximum Gasteiger partial charge on any atom is 0.241 e. The molecule has 0 unspecified atom stereocenters. The number of aromatic nitrogens is 3. The number of aryl methyl sites for hydroxylation is 1. The summed E-state index contributed by atoms with van der Waals surface area (Å²) in [5.41, 5.74) is 1.52. The minimum absolute atomic E-state index is 0.149. The van der Waals surface area contributed by atoms with Gasteiger partial charge in [0, 0.05) is 17.6 Å². The Kier molecular flexibility index (Phi) is 5.17. The first kappa shape index (κ1) is 18.6. The van der Waals surface area contributed by atoms with Crippen molar-refractivity contribution in [1.82, 2.24) is 19.3 Å². The van der Waals surface area contributed by atoms with Crippen molar-refractivity contribution in [2.45, 2.75) is 31.3 Å². The van der Waals surface area contributed by atoms with E-state index in [1.165, 1.54) is 12.1 Å². The summed E-state index contributed by atoms with van der Waals surface area (Å²) in [6, 6.07) is 7.27. The van der Waals surface area contributed by atoms with Crippen molar-refractivity contribution in [2.75, 3.05) is 7.11 Å². The number of benzene rings is 1. The number of halogens is 1. The molecule has 26 heavy (non-hydrogen) atoms. The van der Waals surface area contributed by atoms with E-state index in [1.807, 2.05) is 11.5 Å². The fraction of sp³-hybridized carbons (Fsp3) is 0.294. The van der Waals surface area contributed by atoms with Crippen LogP contribution in [-0.2, 0) is 16.6 Å². The van der Waals surface area contributed by atoms with Crippen molar-refractivity contribution in [3.8, 4) is 5.88 Å². The van der Waals surface area contributed by atoms with Crippen LogP contribution in [0.25, 0.3) is 11.0 Å². The molecule has 7 nitrogen and oxygen atoms in total. The Hall–Kier alpha value is -2.16. The Morgan fingerprint density at radius 3 is 2.62 bits per heavy atom. The van der Waals surface area contributed by atoms with Crippen molar-refractivity contribution >= 4 is 32.7 Å². The minimum Gasteiger partial charge on any atom is -0.481 e. The zero-order chi connectivity index (χ0) is 18.9. The van der Waals surface area contributed by atoms with E-state index >= 15 is 0 Å². The van der Waals surface area contributed by atoms with Crippen LogP contribution in [0.4, 0.5) is 0 Å². The zero-order valence-corrected chi connectivity index (χ0v) is 16.2. The molecule has 0 bridgehead atoms. The second-order valence-electron chi connectivity index (χ2n) is 5.73. The number of sulfonamides is 1. The van der Waals surface area contributed by atoms with Gasteiger partial charge in [-0.2, -0.15) is 0 Å². The third kappa shape index (κ3) is 3.53. The third-order valence-corrected chi connectivity index (χ3v) is 5.82. The molecule has 2 heterocycles. The fourth-order valence-corrected chi connectivity index (χ4v) is 4.10. The van der Waals surface area contributed by atoms with Crippen LogP contribution in [-0.4, -0.2) is 30.1 Å². The fourth-order valence-electron chi connectivity index (χ4n) is 2.77. The summed E-state index contributed by atoms with van der Waals surface area (Å²) in [5, 5.41) is 0.478. The number of rotatable bonds is 6. The molecule has 2 aromatic heterocycles. The summed E-state index contributed by atoms with van der Waals surface area (Å²) in [5.74, 6) is 1.09. The smallest absolute Gasteiger partial charge is 0.241 e. The Labute approximate surface area is 157 Å². The Morgan fingerprint density at radius 1 is 1.31 bits per heavy atom. The van der Waals surface area contributed by atoms with Crippen molar-refractivity contribution in [3.05, 3.63) is 47.4 Å². The highest BCUT2D eigenvalue weighted by Gasteiger charge is 2.23. The highest BCUT2D eigenvalue weighted by atomic mass is 35.5. The van der Waals surface area contributed by atoms with E-state index in [1.54, 1.807) is 38.4 Å². The number of pyridine rings is 1. The normalized spacial score (nSPS) is 13.1. The van der Waals surface area contributed by atoms with Crippen LogP contribution in [0.2, 0.25) is 5.02 Å². The van der Waals surface area contributed by atoms with Gasteiger partial charge in [0.25, 0.3) is 0 Å².